The molecule has 0 aliphatic heterocycles. The lowest BCUT2D eigenvalue weighted by Crippen LogP contribution is -2.38. The van der Waals surface area contributed by atoms with E-state index in [4.69, 9.17) is 14.2 Å². The summed E-state index contributed by atoms with van der Waals surface area (Å²) in [4.78, 5) is 11.4. The molecule has 0 aromatic heterocycles. The molecule has 1 aromatic rings. The number of hydrogen-bond acceptors (Lipinski definition) is 5. The van der Waals surface area contributed by atoms with E-state index >= 15 is 0 Å². The third-order valence-corrected chi connectivity index (χ3v) is 3.12. The Balaban J connectivity index is 2.41. The summed E-state index contributed by atoms with van der Waals surface area (Å²) in [6.45, 7) is 0.941. The van der Waals surface area contributed by atoms with Crippen molar-refractivity contribution in [2.75, 3.05) is 27.9 Å². The highest BCUT2D eigenvalue weighted by molar-refractivity contribution is 5.70. The SMILES string of the molecule is COC(=O)CC(CCOCc1ccccc1)(OC)OC. The van der Waals surface area contributed by atoms with Crippen LogP contribution in [0.15, 0.2) is 30.3 Å². The van der Waals surface area contributed by atoms with Crippen LogP contribution in [0.3, 0.4) is 0 Å². The van der Waals surface area contributed by atoms with Crippen LogP contribution in [0.4, 0.5) is 0 Å². The van der Waals surface area contributed by atoms with E-state index in [1.54, 1.807) is 0 Å². The van der Waals surface area contributed by atoms with E-state index in [1.807, 2.05) is 30.3 Å². The Morgan fingerprint density at radius 2 is 1.75 bits per heavy atom. The highest BCUT2D eigenvalue weighted by atomic mass is 16.7. The largest absolute Gasteiger partial charge is 0.469 e. The minimum absolute atomic E-state index is 0.0329. The maximum atomic E-state index is 11.4. The number of esters is 1. The molecule has 0 fully saturated rings. The average Bonchev–Trinajstić information content (AvgIpc) is 2.51. The Bertz CT molecular complexity index is 387. The summed E-state index contributed by atoms with van der Waals surface area (Å²) in [7, 11) is 4.34. The monoisotopic (exact) mass is 282 g/mol. The molecule has 0 unspecified atom stereocenters. The quantitative estimate of drug-likeness (QED) is 0.394. The zero-order valence-electron chi connectivity index (χ0n) is 12.3. The second-order valence-electron chi connectivity index (χ2n) is 4.36. The van der Waals surface area contributed by atoms with Crippen LogP contribution in [0.2, 0.25) is 0 Å². The fraction of sp³-hybridized carbons (Fsp3) is 0.533. The number of carbonyl (C=O) groups is 1. The Morgan fingerprint density at radius 3 is 2.30 bits per heavy atom. The van der Waals surface area contributed by atoms with Crippen LogP contribution in [0.25, 0.3) is 0 Å². The molecule has 20 heavy (non-hydrogen) atoms. The van der Waals surface area contributed by atoms with Crippen molar-refractivity contribution < 1.29 is 23.7 Å². The van der Waals surface area contributed by atoms with Gasteiger partial charge in [0, 0.05) is 20.6 Å². The van der Waals surface area contributed by atoms with Gasteiger partial charge in [-0.15, -0.1) is 0 Å². The molecule has 0 aliphatic rings. The highest BCUT2D eigenvalue weighted by Gasteiger charge is 2.33. The first-order chi connectivity index (χ1) is 9.65. The van der Waals surface area contributed by atoms with Gasteiger partial charge >= 0.3 is 5.97 Å². The third kappa shape index (κ3) is 5.28. The summed E-state index contributed by atoms with van der Waals surface area (Å²) >= 11 is 0. The Kier molecular flexibility index (Phi) is 7.22. The predicted octanol–water partition coefficient (Wildman–Crippen LogP) is 2.15. The van der Waals surface area contributed by atoms with Crippen LogP contribution in [-0.4, -0.2) is 39.7 Å². The van der Waals surface area contributed by atoms with Gasteiger partial charge in [0.25, 0.3) is 0 Å². The average molecular weight is 282 g/mol. The number of benzene rings is 1. The normalized spacial score (nSPS) is 11.3. The number of carbonyl (C=O) groups excluding carboxylic acids is 1. The molecule has 1 aromatic carbocycles. The van der Waals surface area contributed by atoms with E-state index in [1.165, 1.54) is 21.3 Å². The Morgan fingerprint density at radius 1 is 1.10 bits per heavy atom. The molecule has 0 bridgehead atoms. The lowest BCUT2D eigenvalue weighted by atomic mass is 10.1. The molecule has 0 amide bonds. The van der Waals surface area contributed by atoms with Crippen molar-refractivity contribution in [3.05, 3.63) is 35.9 Å². The van der Waals surface area contributed by atoms with Gasteiger partial charge < -0.3 is 18.9 Å². The number of methoxy groups -OCH3 is 3. The zero-order valence-corrected chi connectivity index (χ0v) is 12.3. The van der Waals surface area contributed by atoms with E-state index in [-0.39, 0.29) is 12.4 Å². The standard InChI is InChI=1S/C15H22O5/c1-17-14(16)11-15(18-2,19-3)9-10-20-12-13-7-5-4-6-8-13/h4-8H,9-12H2,1-3H3. The summed E-state index contributed by atoms with van der Waals surface area (Å²) in [5, 5.41) is 0. The topological polar surface area (TPSA) is 54.0 Å². The van der Waals surface area contributed by atoms with Gasteiger partial charge in [-0.3, -0.25) is 4.79 Å². The van der Waals surface area contributed by atoms with Crippen molar-refractivity contribution in [1.82, 2.24) is 0 Å². The Hall–Kier alpha value is -1.43. The minimum atomic E-state index is -0.996. The molecular weight excluding hydrogens is 260 g/mol. The zero-order chi connectivity index (χ0) is 14.8. The lowest BCUT2D eigenvalue weighted by molar-refractivity contribution is -0.224. The maximum absolute atomic E-state index is 11.4. The molecule has 5 nitrogen and oxygen atoms in total. The summed E-state index contributed by atoms with van der Waals surface area (Å²) in [6.07, 6.45) is 0.479. The number of ether oxygens (including phenoxy) is 4. The molecular formula is C15H22O5. The van der Waals surface area contributed by atoms with Crippen LogP contribution in [0.5, 0.6) is 0 Å². The van der Waals surface area contributed by atoms with Gasteiger partial charge in [0.15, 0.2) is 5.79 Å². The molecule has 0 aliphatic carbocycles. The molecule has 0 saturated carbocycles. The van der Waals surface area contributed by atoms with Gasteiger partial charge in [0.1, 0.15) is 0 Å². The van der Waals surface area contributed by atoms with Crippen LogP contribution < -0.4 is 0 Å². The molecule has 0 radical (unpaired) electrons. The van der Waals surface area contributed by atoms with Gasteiger partial charge in [-0.05, 0) is 5.56 Å². The summed E-state index contributed by atoms with van der Waals surface area (Å²) < 4.78 is 20.8. The molecule has 1 rings (SSSR count). The number of rotatable bonds is 9. The summed E-state index contributed by atoms with van der Waals surface area (Å²) in [5.41, 5.74) is 1.10. The van der Waals surface area contributed by atoms with E-state index in [0.717, 1.165) is 5.56 Å². The maximum Gasteiger partial charge on any atom is 0.310 e. The van der Waals surface area contributed by atoms with E-state index in [2.05, 4.69) is 4.74 Å². The highest BCUT2D eigenvalue weighted by Crippen LogP contribution is 2.22. The second-order valence-corrected chi connectivity index (χ2v) is 4.36. The first-order valence-corrected chi connectivity index (χ1v) is 6.44. The van der Waals surface area contributed by atoms with E-state index in [0.29, 0.717) is 19.6 Å². The smallest absolute Gasteiger partial charge is 0.310 e. The van der Waals surface area contributed by atoms with Crippen molar-refractivity contribution >= 4 is 5.97 Å². The van der Waals surface area contributed by atoms with Gasteiger partial charge in [0.2, 0.25) is 0 Å². The molecule has 5 heteroatoms. The Labute approximate surface area is 119 Å². The molecule has 0 spiro atoms. The first kappa shape index (κ1) is 16.6. The fourth-order valence-corrected chi connectivity index (χ4v) is 1.80. The summed E-state index contributed by atoms with van der Waals surface area (Å²) in [5.74, 6) is -1.37. The molecule has 0 atom stereocenters. The molecule has 0 saturated heterocycles. The van der Waals surface area contributed by atoms with E-state index in [9.17, 15) is 4.79 Å². The van der Waals surface area contributed by atoms with Crippen LogP contribution in [-0.2, 0) is 30.3 Å². The van der Waals surface area contributed by atoms with Crippen molar-refractivity contribution in [2.24, 2.45) is 0 Å². The minimum Gasteiger partial charge on any atom is -0.469 e. The van der Waals surface area contributed by atoms with Crippen LogP contribution in [0, 0.1) is 0 Å². The van der Waals surface area contributed by atoms with Gasteiger partial charge in [0.05, 0.1) is 26.7 Å². The lowest BCUT2D eigenvalue weighted by Gasteiger charge is -2.29. The van der Waals surface area contributed by atoms with Crippen molar-refractivity contribution in [3.63, 3.8) is 0 Å². The molecule has 0 heterocycles. The summed E-state index contributed by atoms with van der Waals surface area (Å²) in [6, 6.07) is 9.87. The van der Waals surface area contributed by atoms with Crippen molar-refractivity contribution in [1.29, 1.82) is 0 Å². The predicted molar refractivity (Wildman–Crippen MR) is 74.1 cm³/mol. The molecule has 0 N–H and O–H groups in total. The van der Waals surface area contributed by atoms with Crippen molar-refractivity contribution in [3.8, 4) is 0 Å². The fourth-order valence-electron chi connectivity index (χ4n) is 1.80. The number of hydrogen-bond donors (Lipinski definition) is 0. The van der Waals surface area contributed by atoms with Crippen LogP contribution >= 0.6 is 0 Å². The molecule has 112 valence electrons. The van der Waals surface area contributed by atoms with Crippen molar-refractivity contribution in [2.45, 2.75) is 25.2 Å². The van der Waals surface area contributed by atoms with Crippen LogP contribution in [0.1, 0.15) is 18.4 Å². The van der Waals surface area contributed by atoms with Gasteiger partial charge in [-0.2, -0.15) is 0 Å². The third-order valence-electron chi connectivity index (χ3n) is 3.12. The van der Waals surface area contributed by atoms with E-state index < -0.39 is 5.79 Å². The second kappa shape index (κ2) is 8.68. The first-order valence-electron chi connectivity index (χ1n) is 6.44. The van der Waals surface area contributed by atoms with Gasteiger partial charge in [-0.25, -0.2) is 0 Å². The van der Waals surface area contributed by atoms with Gasteiger partial charge in [-0.1, -0.05) is 30.3 Å².